The highest BCUT2D eigenvalue weighted by molar-refractivity contribution is 5.43. The quantitative estimate of drug-likeness (QED) is 0.828. The van der Waals surface area contributed by atoms with Crippen LogP contribution in [0.25, 0.3) is 0 Å². The van der Waals surface area contributed by atoms with Crippen LogP contribution in [0, 0.1) is 11.8 Å². The van der Waals surface area contributed by atoms with E-state index in [2.05, 4.69) is 22.0 Å². The Morgan fingerprint density at radius 2 is 1.96 bits per heavy atom. The van der Waals surface area contributed by atoms with Crippen molar-refractivity contribution in [3.05, 3.63) is 42.0 Å². The van der Waals surface area contributed by atoms with Gasteiger partial charge < -0.3 is 19.1 Å². The summed E-state index contributed by atoms with van der Waals surface area (Å²) in [5.74, 6) is 2.82. The normalized spacial score (nSPS) is 27.6. The molecule has 1 N–H and O–H groups in total. The average molecular weight is 386 g/mol. The number of piperidine rings is 1. The highest BCUT2D eigenvalue weighted by Crippen LogP contribution is 2.48. The summed E-state index contributed by atoms with van der Waals surface area (Å²) in [5.41, 5.74) is 0.397. The molecule has 0 unspecified atom stereocenters. The number of hydrogen-bond acceptors (Lipinski definition) is 5. The maximum absolute atomic E-state index is 11.7. The summed E-state index contributed by atoms with van der Waals surface area (Å²) in [7, 11) is 3.65. The molecule has 1 aliphatic heterocycles. The number of aromatic nitrogens is 2. The van der Waals surface area contributed by atoms with Crippen LogP contribution in [0.1, 0.15) is 37.6 Å². The Labute approximate surface area is 167 Å². The summed E-state index contributed by atoms with van der Waals surface area (Å²) < 4.78 is 13.1. The van der Waals surface area contributed by atoms with Gasteiger partial charge in [0.15, 0.2) is 11.5 Å². The zero-order valence-electron chi connectivity index (χ0n) is 17.1. The van der Waals surface area contributed by atoms with Crippen molar-refractivity contribution in [3.8, 4) is 11.5 Å². The second kappa shape index (κ2) is 7.76. The Balaban J connectivity index is 1.54. The molecule has 1 aliphatic carbocycles. The fourth-order valence-corrected chi connectivity index (χ4v) is 5.13. The SMILES string of the molecule is CCOc1cc(CN2C[C@@H]3CCC[C@@H](C2)C3(O)c2nccn2C)ccc1OC. The predicted molar refractivity (Wildman–Crippen MR) is 107 cm³/mol. The third-order valence-corrected chi connectivity index (χ3v) is 6.42. The Bertz CT molecular complexity index is 805. The number of imidazole rings is 1. The Hall–Kier alpha value is -2.05. The smallest absolute Gasteiger partial charge is 0.161 e. The molecule has 0 radical (unpaired) electrons. The van der Waals surface area contributed by atoms with Gasteiger partial charge in [0.1, 0.15) is 11.4 Å². The van der Waals surface area contributed by atoms with E-state index in [0.717, 1.165) is 49.8 Å². The van der Waals surface area contributed by atoms with E-state index in [1.165, 1.54) is 12.0 Å². The van der Waals surface area contributed by atoms with Gasteiger partial charge in [0.25, 0.3) is 0 Å². The van der Waals surface area contributed by atoms with E-state index in [1.54, 1.807) is 13.3 Å². The largest absolute Gasteiger partial charge is 0.493 e. The molecule has 1 aromatic heterocycles. The van der Waals surface area contributed by atoms with Gasteiger partial charge in [-0.05, 0) is 37.5 Å². The fraction of sp³-hybridized carbons (Fsp3) is 0.591. The first-order chi connectivity index (χ1) is 13.6. The molecule has 1 saturated heterocycles. The van der Waals surface area contributed by atoms with Crippen molar-refractivity contribution < 1.29 is 14.6 Å². The third kappa shape index (κ3) is 3.29. The van der Waals surface area contributed by atoms with Crippen LogP contribution in [-0.2, 0) is 19.2 Å². The molecule has 6 heteroatoms. The molecule has 0 spiro atoms. The molecule has 2 aliphatic rings. The van der Waals surface area contributed by atoms with Crippen LogP contribution in [0.4, 0.5) is 0 Å². The van der Waals surface area contributed by atoms with Crippen molar-refractivity contribution in [2.75, 3.05) is 26.8 Å². The van der Waals surface area contributed by atoms with E-state index in [-0.39, 0.29) is 11.8 Å². The second-order valence-corrected chi connectivity index (χ2v) is 8.12. The first-order valence-corrected chi connectivity index (χ1v) is 10.3. The highest BCUT2D eigenvalue weighted by atomic mass is 16.5. The highest BCUT2D eigenvalue weighted by Gasteiger charge is 2.53. The number of likely N-dealkylation sites (tertiary alicyclic amines) is 1. The van der Waals surface area contributed by atoms with Crippen molar-refractivity contribution in [1.82, 2.24) is 14.5 Å². The molecule has 6 nitrogen and oxygen atoms in total. The maximum Gasteiger partial charge on any atom is 0.161 e. The number of aliphatic hydroxyl groups is 1. The summed E-state index contributed by atoms with van der Waals surface area (Å²) >= 11 is 0. The minimum absolute atomic E-state index is 0.214. The summed E-state index contributed by atoms with van der Waals surface area (Å²) in [4.78, 5) is 6.99. The first-order valence-electron chi connectivity index (χ1n) is 10.3. The molecule has 2 atom stereocenters. The Morgan fingerprint density at radius 1 is 1.21 bits per heavy atom. The Kier molecular flexibility index (Phi) is 5.34. The molecule has 152 valence electrons. The second-order valence-electron chi connectivity index (χ2n) is 8.12. The molecule has 2 bridgehead atoms. The van der Waals surface area contributed by atoms with E-state index in [4.69, 9.17) is 9.47 Å². The molecule has 2 heterocycles. The van der Waals surface area contributed by atoms with Gasteiger partial charge in [-0.15, -0.1) is 0 Å². The van der Waals surface area contributed by atoms with Crippen molar-refractivity contribution in [2.24, 2.45) is 18.9 Å². The predicted octanol–water partition coefficient (Wildman–Crippen LogP) is 2.95. The van der Waals surface area contributed by atoms with Gasteiger partial charge in [0.05, 0.1) is 13.7 Å². The number of methoxy groups -OCH3 is 1. The number of aryl methyl sites for hydroxylation is 1. The number of hydrogen-bond donors (Lipinski definition) is 1. The van der Waals surface area contributed by atoms with Gasteiger partial charge in [-0.3, -0.25) is 4.90 Å². The molecule has 0 amide bonds. The van der Waals surface area contributed by atoms with Crippen LogP contribution in [0.15, 0.2) is 30.6 Å². The minimum atomic E-state index is -0.816. The van der Waals surface area contributed by atoms with Gasteiger partial charge in [-0.25, -0.2) is 4.98 Å². The molecule has 2 fully saturated rings. The summed E-state index contributed by atoms with van der Waals surface area (Å²) in [6.07, 6.45) is 7.00. The standard InChI is InChI=1S/C22H31N3O3/c1-4-28-20-12-16(8-9-19(20)27-3)13-25-14-17-6-5-7-18(15-25)22(17,26)21-23-10-11-24(21)2/h8-12,17-18,26H,4-7,13-15H2,1-3H3/t17-,18-/m0/s1. The van der Waals surface area contributed by atoms with Gasteiger partial charge in [-0.2, -0.15) is 0 Å². The molecule has 1 saturated carbocycles. The lowest BCUT2D eigenvalue weighted by Crippen LogP contribution is -2.58. The van der Waals surface area contributed by atoms with E-state index in [1.807, 2.05) is 30.8 Å². The van der Waals surface area contributed by atoms with E-state index < -0.39 is 5.60 Å². The molecule has 2 aromatic rings. The van der Waals surface area contributed by atoms with Gasteiger partial charge >= 0.3 is 0 Å². The molecular formula is C22H31N3O3. The number of fused-ring (bicyclic) bond motifs is 2. The van der Waals surface area contributed by atoms with Crippen LogP contribution < -0.4 is 9.47 Å². The number of rotatable bonds is 6. The molecule has 1 aromatic carbocycles. The van der Waals surface area contributed by atoms with Gasteiger partial charge in [0.2, 0.25) is 0 Å². The van der Waals surface area contributed by atoms with Crippen LogP contribution >= 0.6 is 0 Å². The number of ether oxygens (including phenoxy) is 2. The topological polar surface area (TPSA) is 59.8 Å². The summed E-state index contributed by atoms with van der Waals surface area (Å²) in [5, 5.41) is 11.7. The van der Waals surface area contributed by atoms with E-state index in [9.17, 15) is 5.11 Å². The summed E-state index contributed by atoms with van der Waals surface area (Å²) in [6.45, 7) is 5.22. The van der Waals surface area contributed by atoms with Gasteiger partial charge in [0, 0.05) is 50.9 Å². The van der Waals surface area contributed by atoms with Crippen molar-refractivity contribution in [2.45, 2.75) is 38.3 Å². The maximum atomic E-state index is 11.7. The Morgan fingerprint density at radius 3 is 2.57 bits per heavy atom. The molecule has 4 rings (SSSR count). The summed E-state index contributed by atoms with van der Waals surface area (Å²) in [6, 6.07) is 6.17. The third-order valence-electron chi connectivity index (χ3n) is 6.42. The van der Waals surface area contributed by atoms with Crippen LogP contribution in [-0.4, -0.2) is 46.4 Å². The van der Waals surface area contributed by atoms with Crippen molar-refractivity contribution >= 4 is 0 Å². The first kappa shape index (κ1) is 19.3. The zero-order chi connectivity index (χ0) is 19.7. The van der Waals surface area contributed by atoms with E-state index >= 15 is 0 Å². The lowest BCUT2D eigenvalue weighted by atomic mass is 9.65. The lowest BCUT2D eigenvalue weighted by molar-refractivity contribution is -0.155. The van der Waals surface area contributed by atoms with Crippen molar-refractivity contribution in [3.63, 3.8) is 0 Å². The van der Waals surface area contributed by atoms with Crippen LogP contribution in [0.5, 0.6) is 11.5 Å². The monoisotopic (exact) mass is 385 g/mol. The fourth-order valence-electron chi connectivity index (χ4n) is 5.13. The molecular weight excluding hydrogens is 354 g/mol. The van der Waals surface area contributed by atoms with Crippen LogP contribution in [0.3, 0.4) is 0 Å². The minimum Gasteiger partial charge on any atom is -0.493 e. The zero-order valence-corrected chi connectivity index (χ0v) is 17.1. The van der Waals surface area contributed by atoms with Crippen molar-refractivity contribution in [1.29, 1.82) is 0 Å². The lowest BCUT2D eigenvalue weighted by Gasteiger charge is -2.52. The van der Waals surface area contributed by atoms with Crippen LogP contribution in [0.2, 0.25) is 0 Å². The van der Waals surface area contributed by atoms with Gasteiger partial charge in [-0.1, -0.05) is 12.5 Å². The molecule has 28 heavy (non-hydrogen) atoms. The number of nitrogens with zero attached hydrogens (tertiary/aromatic N) is 3. The van der Waals surface area contributed by atoms with E-state index in [0.29, 0.717) is 6.61 Å². The number of benzene rings is 1. The average Bonchev–Trinajstić information content (AvgIpc) is 3.10.